The molecule has 0 radical (unpaired) electrons. The minimum atomic E-state index is -0.368. The lowest BCUT2D eigenvalue weighted by molar-refractivity contribution is -0.137. The molecule has 0 bridgehead atoms. The van der Waals surface area contributed by atoms with Crippen LogP contribution in [0.4, 0.5) is 0 Å². The SMILES string of the molecule is CCC(C(C)C)N1CCC(=O)NC(C(C)C)C1=O. The number of rotatable bonds is 4. The quantitative estimate of drug-likeness (QED) is 0.831. The lowest BCUT2D eigenvalue weighted by atomic mass is 9.97. The number of carbonyl (C=O) groups is 2. The first-order chi connectivity index (χ1) is 8.38. The molecule has 2 atom stereocenters. The van der Waals surface area contributed by atoms with Crippen molar-refractivity contribution in [2.24, 2.45) is 11.8 Å². The van der Waals surface area contributed by atoms with Crippen LogP contribution in [0.3, 0.4) is 0 Å². The molecule has 2 unspecified atom stereocenters. The van der Waals surface area contributed by atoms with Crippen LogP contribution in [0.2, 0.25) is 0 Å². The zero-order valence-corrected chi connectivity index (χ0v) is 12.2. The molecule has 0 aliphatic carbocycles. The summed E-state index contributed by atoms with van der Waals surface area (Å²) in [5, 5.41) is 2.85. The normalized spacial score (nSPS) is 23.3. The molecule has 4 heteroatoms. The van der Waals surface area contributed by atoms with Gasteiger partial charge in [-0.05, 0) is 18.3 Å². The summed E-state index contributed by atoms with van der Waals surface area (Å²) < 4.78 is 0. The summed E-state index contributed by atoms with van der Waals surface area (Å²) in [5.41, 5.74) is 0. The summed E-state index contributed by atoms with van der Waals surface area (Å²) in [7, 11) is 0. The van der Waals surface area contributed by atoms with Gasteiger partial charge >= 0.3 is 0 Å². The Balaban J connectivity index is 2.96. The number of hydrogen-bond acceptors (Lipinski definition) is 2. The van der Waals surface area contributed by atoms with Crippen molar-refractivity contribution in [3.8, 4) is 0 Å². The molecule has 1 saturated heterocycles. The Bertz CT molecular complexity index is 313. The van der Waals surface area contributed by atoms with Gasteiger partial charge in [0.15, 0.2) is 0 Å². The smallest absolute Gasteiger partial charge is 0.245 e. The predicted octanol–water partition coefficient (Wildman–Crippen LogP) is 1.79. The van der Waals surface area contributed by atoms with Gasteiger partial charge in [-0.15, -0.1) is 0 Å². The zero-order chi connectivity index (χ0) is 13.9. The third kappa shape index (κ3) is 3.24. The number of nitrogens with one attached hydrogen (secondary N) is 1. The second kappa shape index (κ2) is 6.21. The average molecular weight is 254 g/mol. The molecule has 0 spiro atoms. The Hall–Kier alpha value is -1.06. The van der Waals surface area contributed by atoms with Crippen LogP contribution in [0.25, 0.3) is 0 Å². The van der Waals surface area contributed by atoms with Crippen molar-refractivity contribution >= 4 is 11.8 Å². The molecule has 2 amide bonds. The van der Waals surface area contributed by atoms with Crippen LogP contribution >= 0.6 is 0 Å². The Kier molecular flexibility index (Phi) is 5.17. The Morgan fingerprint density at radius 3 is 2.33 bits per heavy atom. The molecule has 1 aliphatic heterocycles. The van der Waals surface area contributed by atoms with E-state index in [1.807, 2.05) is 18.7 Å². The molecule has 18 heavy (non-hydrogen) atoms. The molecule has 1 rings (SSSR count). The topological polar surface area (TPSA) is 49.4 Å². The Morgan fingerprint density at radius 1 is 1.28 bits per heavy atom. The van der Waals surface area contributed by atoms with Gasteiger partial charge < -0.3 is 10.2 Å². The van der Waals surface area contributed by atoms with Gasteiger partial charge in [0, 0.05) is 19.0 Å². The molecule has 1 aliphatic rings. The zero-order valence-electron chi connectivity index (χ0n) is 12.2. The van der Waals surface area contributed by atoms with Crippen LogP contribution in [0.5, 0.6) is 0 Å². The Morgan fingerprint density at radius 2 is 1.89 bits per heavy atom. The molecule has 0 aromatic heterocycles. The van der Waals surface area contributed by atoms with Gasteiger partial charge in [-0.2, -0.15) is 0 Å². The first-order valence-electron chi connectivity index (χ1n) is 6.98. The maximum Gasteiger partial charge on any atom is 0.245 e. The minimum Gasteiger partial charge on any atom is -0.344 e. The lowest BCUT2D eigenvalue weighted by Crippen LogP contribution is -2.51. The van der Waals surface area contributed by atoms with E-state index in [4.69, 9.17) is 0 Å². The highest BCUT2D eigenvalue weighted by Gasteiger charge is 2.35. The second-order valence-electron chi connectivity index (χ2n) is 5.79. The molecule has 0 aromatic rings. The van der Waals surface area contributed by atoms with Crippen molar-refractivity contribution in [1.82, 2.24) is 10.2 Å². The third-order valence-corrected chi connectivity index (χ3v) is 3.70. The summed E-state index contributed by atoms with van der Waals surface area (Å²) in [4.78, 5) is 26.1. The largest absolute Gasteiger partial charge is 0.344 e. The van der Waals surface area contributed by atoms with Crippen LogP contribution in [0.1, 0.15) is 47.5 Å². The van der Waals surface area contributed by atoms with Crippen molar-refractivity contribution in [3.05, 3.63) is 0 Å². The van der Waals surface area contributed by atoms with E-state index >= 15 is 0 Å². The first kappa shape index (κ1) is 15.0. The number of amides is 2. The van der Waals surface area contributed by atoms with Gasteiger partial charge in [-0.25, -0.2) is 0 Å². The van der Waals surface area contributed by atoms with E-state index in [9.17, 15) is 9.59 Å². The molecule has 0 saturated carbocycles. The van der Waals surface area contributed by atoms with Crippen molar-refractivity contribution in [2.45, 2.75) is 59.5 Å². The number of hydrogen-bond donors (Lipinski definition) is 1. The lowest BCUT2D eigenvalue weighted by Gasteiger charge is -2.35. The van der Waals surface area contributed by atoms with Crippen LogP contribution in [-0.4, -0.2) is 35.3 Å². The molecule has 104 valence electrons. The third-order valence-electron chi connectivity index (χ3n) is 3.70. The fourth-order valence-electron chi connectivity index (χ4n) is 2.65. The van der Waals surface area contributed by atoms with E-state index in [0.29, 0.717) is 18.9 Å². The number of nitrogens with zero attached hydrogens (tertiary/aromatic N) is 1. The molecular weight excluding hydrogens is 228 g/mol. The second-order valence-corrected chi connectivity index (χ2v) is 5.79. The highest BCUT2D eigenvalue weighted by molar-refractivity contribution is 5.90. The summed E-state index contributed by atoms with van der Waals surface area (Å²) in [6, 6.07) is -0.140. The van der Waals surface area contributed by atoms with Crippen molar-refractivity contribution in [1.29, 1.82) is 0 Å². The predicted molar refractivity (Wildman–Crippen MR) is 72.0 cm³/mol. The minimum absolute atomic E-state index is 0.0110. The van der Waals surface area contributed by atoms with E-state index in [-0.39, 0.29) is 29.8 Å². The van der Waals surface area contributed by atoms with Crippen LogP contribution < -0.4 is 5.32 Å². The summed E-state index contributed by atoms with van der Waals surface area (Å²) >= 11 is 0. The van der Waals surface area contributed by atoms with Gasteiger partial charge in [0.25, 0.3) is 0 Å². The highest BCUT2D eigenvalue weighted by Crippen LogP contribution is 2.20. The number of carbonyl (C=O) groups excluding carboxylic acids is 2. The van der Waals surface area contributed by atoms with Crippen LogP contribution in [-0.2, 0) is 9.59 Å². The molecular formula is C14H26N2O2. The van der Waals surface area contributed by atoms with E-state index in [2.05, 4.69) is 26.1 Å². The summed E-state index contributed by atoms with van der Waals surface area (Å²) in [5.74, 6) is 0.617. The first-order valence-corrected chi connectivity index (χ1v) is 6.98. The van der Waals surface area contributed by atoms with E-state index in [1.54, 1.807) is 0 Å². The van der Waals surface area contributed by atoms with Crippen molar-refractivity contribution in [2.75, 3.05) is 6.54 Å². The van der Waals surface area contributed by atoms with Gasteiger partial charge in [0.1, 0.15) is 6.04 Å². The standard InChI is InChI=1S/C14H26N2O2/c1-6-11(9(2)3)16-8-7-12(17)15-13(10(4)5)14(16)18/h9-11,13H,6-8H2,1-5H3,(H,15,17). The van der Waals surface area contributed by atoms with Crippen LogP contribution in [0, 0.1) is 11.8 Å². The summed E-state index contributed by atoms with van der Waals surface area (Å²) in [6.07, 6.45) is 1.35. The summed E-state index contributed by atoms with van der Waals surface area (Å²) in [6.45, 7) is 10.9. The monoisotopic (exact) mass is 254 g/mol. The molecule has 0 aromatic carbocycles. The van der Waals surface area contributed by atoms with E-state index < -0.39 is 0 Å². The van der Waals surface area contributed by atoms with Gasteiger partial charge in [0.2, 0.25) is 11.8 Å². The molecule has 1 N–H and O–H groups in total. The molecule has 1 heterocycles. The van der Waals surface area contributed by atoms with Gasteiger partial charge in [-0.1, -0.05) is 34.6 Å². The maximum atomic E-state index is 12.5. The average Bonchev–Trinajstić information content (AvgIpc) is 2.42. The van der Waals surface area contributed by atoms with Gasteiger partial charge in [-0.3, -0.25) is 9.59 Å². The maximum absolute atomic E-state index is 12.5. The Labute approximate surface area is 110 Å². The van der Waals surface area contributed by atoms with E-state index in [0.717, 1.165) is 6.42 Å². The van der Waals surface area contributed by atoms with Crippen LogP contribution in [0.15, 0.2) is 0 Å². The van der Waals surface area contributed by atoms with Gasteiger partial charge in [0.05, 0.1) is 0 Å². The highest BCUT2D eigenvalue weighted by atomic mass is 16.2. The van der Waals surface area contributed by atoms with E-state index in [1.165, 1.54) is 0 Å². The molecule has 4 nitrogen and oxygen atoms in total. The fourth-order valence-corrected chi connectivity index (χ4v) is 2.65. The fraction of sp³-hybridized carbons (Fsp3) is 0.857. The molecule has 1 fully saturated rings. The van der Waals surface area contributed by atoms with Crippen molar-refractivity contribution < 1.29 is 9.59 Å². The van der Waals surface area contributed by atoms with Crippen molar-refractivity contribution in [3.63, 3.8) is 0 Å².